The second kappa shape index (κ2) is 5.88. The van der Waals surface area contributed by atoms with Crippen molar-refractivity contribution < 1.29 is 0 Å². The van der Waals surface area contributed by atoms with Crippen LogP contribution < -0.4 is 5.32 Å². The molecule has 2 unspecified atom stereocenters. The van der Waals surface area contributed by atoms with E-state index in [0.29, 0.717) is 6.04 Å². The van der Waals surface area contributed by atoms with E-state index >= 15 is 0 Å². The standard InChI is InChI=1S/C17H27N/c1-12(2)18-11-15-6-5-7-17(15)16-9-13(3)8-14(4)10-16/h8-10,12,15,17-18H,5-7,11H2,1-4H3. The topological polar surface area (TPSA) is 12.0 Å². The highest BCUT2D eigenvalue weighted by molar-refractivity contribution is 5.32. The van der Waals surface area contributed by atoms with E-state index in [1.807, 2.05) is 0 Å². The second-order valence-electron chi connectivity index (χ2n) is 6.28. The fourth-order valence-electron chi connectivity index (χ4n) is 3.33. The Morgan fingerprint density at radius 2 is 1.78 bits per heavy atom. The van der Waals surface area contributed by atoms with E-state index in [0.717, 1.165) is 11.8 Å². The average molecular weight is 245 g/mol. The van der Waals surface area contributed by atoms with E-state index in [1.165, 1.54) is 36.9 Å². The molecule has 0 radical (unpaired) electrons. The first-order chi connectivity index (χ1) is 8.56. The van der Waals surface area contributed by atoms with Crippen LogP contribution in [0.3, 0.4) is 0 Å². The van der Waals surface area contributed by atoms with Crippen molar-refractivity contribution >= 4 is 0 Å². The summed E-state index contributed by atoms with van der Waals surface area (Å²) < 4.78 is 0. The Morgan fingerprint density at radius 3 is 2.39 bits per heavy atom. The summed E-state index contributed by atoms with van der Waals surface area (Å²) in [6, 6.07) is 7.67. The Hall–Kier alpha value is -0.820. The van der Waals surface area contributed by atoms with E-state index in [2.05, 4.69) is 51.2 Å². The van der Waals surface area contributed by atoms with Crippen molar-refractivity contribution in [2.75, 3.05) is 6.54 Å². The molecule has 1 fully saturated rings. The highest BCUT2D eigenvalue weighted by Gasteiger charge is 2.28. The molecule has 1 N–H and O–H groups in total. The predicted octanol–water partition coefficient (Wildman–Crippen LogP) is 4.19. The molecule has 2 rings (SSSR count). The quantitative estimate of drug-likeness (QED) is 0.839. The second-order valence-corrected chi connectivity index (χ2v) is 6.28. The highest BCUT2D eigenvalue weighted by Crippen LogP contribution is 2.39. The van der Waals surface area contributed by atoms with E-state index < -0.39 is 0 Å². The number of rotatable bonds is 4. The molecule has 0 spiro atoms. The fourth-order valence-corrected chi connectivity index (χ4v) is 3.33. The SMILES string of the molecule is Cc1cc(C)cc(C2CCCC2CNC(C)C)c1. The number of nitrogens with one attached hydrogen (secondary N) is 1. The molecule has 1 nitrogen and oxygen atoms in total. The molecule has 0 aliphatic heterocycles. The molecule has 0 amide bonds. The summed E-state index contributed by atoms with van der Waals surface area (Å²) in [6.45, 7) is 10.1. The molecule has 1 saturated carbocycles. The third-order valence-electron chi connectivity index (χ3n) is 4.12. The maximum atomic E-state index is 3.62. The summed E-state index contributed by atoms with van der Waals surface area (Å²) in [5, 5.41) is 3.62. The van der Waals surface area contributed by atoms with Crippen LogP contribution in [0.25, 0.3) is 0 Å². The van der Waals surface area contributed by atoms with Crippen molar-refractivity contribution in [3.05, 3.63) is 34.9 Å². The molecule has 1 aliphatic rings. The average Bonchev–Trinajstić information content (AvgIpc) is 2.72. The third-order valence-corrected chi connectivity index (χ3v) is 4.12. The molecule has 18 heavy (non-hydrogen) atoms. The summed E-state index contributed by atoms with van der Waals surface area (Å²) in [7, 11) is 0. The summed E-state index contributed by atoms with van der Waals surface area (Å²) in [6.07, 6.45) is 4.15. The highest BCUT2D eigenvalue weighted by atomic mass is 14.9. The van der Waals surface area contributed by atoms with Gasteiger partial charge < -0.3 is 5.32 Å². The minimum atomic E-state index is 0.602. The first-order valence-corrected chi connectivity index (χ1v) is 7.38. The molecule has 1 aliphatic carbocycles. The number of hydrogen-bond donors (Lipinski definition) is 1. The zero-order valence-electron chi connectivity index (χ0n) is 12.3. The Bertz CT molecular complexity index is 374. The largest absolute Gasteiger partial charge is 0.314 e. The van der Waals surface area contributed by atoms with Crippen molar-refractivity contribution in [3.63, 3.8) is 0 Å². The van der Waals surface area contributed by atoms with Crippen LogP contribution in [0.2, 0.25) is 0 Å². The zero-order valence-corrected chi connectivity index (χ0v) is 12.3. The van der Waals surface area contributed by atoms with Gasteiger partial charge >= 0.3 is 0 Å². The smallest absolute Gasteiger partial charge is 0.00104 e. The predicted molar refractivity (Wildman–Crippen MR) is 79.1 cm³/mol. The number of hydrogen-bond acceptors (Lipinski definition) is 1. The Kier molecular flexibility index (Phi) is 4.45. The summed E-state index contributed by atoms with van der Waals surface area (Å²) >= 11 is 0. The molecule has 1 aromatic carbocycles. The number of aryl methyl sites for hydroxylation is 2. The summed E-state index contributed by atoms with van der Waals surface area (Å²) in [5.74, 6) is 1.60. The van der Waals surface area contributed by atoms with Gasteiger partial charge in [0.25, 0.3) is 0 Å². The first kappa shape index (κ1) is 13.6. The van der Waals surface area contributed by atoms with Crippen LogP contribution in [-0.4, -0.2) is 12.6 Å². The molecule has 2 atom stereocenters. The normalized spacial score (nSPS) is 23.8. The maximum Gasteiger partial charge on any atom is 0.00104 e. The van der Waals surface area contributed by atoms with Gasteiger partial charge in [0.15, 0.2) is 0 Å². The van der Waals surface area contributed by atoms with Crippen LogP contribution >= 0.6 is 0 Å². The molecule has 0 aromatic heterocycles. The van der Waals surface area contributed by atoms with Crippen molar-refractivity contribution in [1.29, 1.82) is 0 Å². The van der Waals surface area contributed by atoms with Crippen LogP contribution in [0, 0.1) is 19.8 Å². The molecule has 1 aromatic rings. The van der Waals surface area contributed by atoms with Crippen molar-refractivity contribution in [1.82, 2.24) is 5.32 Å². The van der Waals surface area contributed by atoms with Gasteiger partial charge in [-0.25, -0.2) is 0 Å². The zero-order chi connectivity index (χ0) is 13.1. The van der Waals surface area contributed by atoms with Crippen LogP contribution in [0.5, 0.6) is 0 Å². The van der Waals surface area contributed by atoms with E-state index in [1.54, 1.807) is 5.56 Å². The van der Waals surface area contributed by atoms with E-state index in [-0.39, 0.29) is 0 Å². The molecular weight excluding hydrogens is 218 g/mol. The Labute approximate surface area is 112 Å². The van der Waals surface area contributed by atoms with Crippen molar-refractivity contribution in [2.24, 2.45) is 5.92 Å². The number of benzene rings is 1. The first-order valence-electron chi connectivity index (χ1n) is 7.38. The molecule has 0 bridgehead atoms. The molecule has 1 heteroatoms. The van der Waals surface area contributed by atoms with Crippen LogP contribution in [0.4, 0.5) is 0 Å². The lowest BCUT2D eigenvalue weighted by atomic mass is 9.87. The molecule has 0 saturated heterocycles. The van der Waals surface area contributed by atoms with Gasteiger partial charge in [0, 0.05) is 6.04 Å². The maximum absolute atomic E-state index is 3.62. The van der Waals surface area contributed by atoms with Crippen LogP contribution in [0.1, 0.15) is 55.7 Å². The monoisotopic (exact) mass is 245 g/mol. The van der Waals surface area contributed by atoms with Crippen LogP contribution in [-0.2, 0) is 0 Å². The summed E-state index contributed by atoms with van der Waals surface area (Å²) in [4.78, 5) is 0. The lowest BCUT2D eigenvalue weighted by Gasteiger charge is -2.22. The Balaban J connectivity index is 2.10. The van der Waals surface area contributed by atoms with E-state index in [4.69, 9.17) is 0 Å². The van der Waals surface area contributed by atoms with Crippen molar-refractivity contribution in [2.45, 2.75) is 58.9 Å². The van der Waals surface area contributed by atoms with Gasteiger partial charge in [-0.3, -0.25) is 0 Å². The third kappa shape index (κ3) is 3.35. The minimum Gasteiger partial charge on any atom is -0.314 e. The molecule has 0 heterocycles. The molecular formula is C17H27N. The lowest BCUT2D eigenvalue weighted by molar-refractivity contribution is 0.422. The summed E-state index contributed by atoms with van der Waals surface area (Å²) in [5.41, 5.74) is 4.39. The van der Waals surface area contributed by atoms with Crippen molar-refractivity contribution in [3.8, 4) is 0 Å². The van der Waals surface area contributed by atoms with Gasteiger partial charge in [0.2, 0.25) is 0 Å². The minimum absolute atomic E-state index is 0.602. The van der Waals surface area contributed by atoms with Gasteiger partial charge in [0.05, 0.1) is 0 Å². The Morgan fingerprint density at radius 1 is 1.11 bits per heavy atom. The van der Waals surface area contributed by atoms with Gasteiger partial charge in [-0.05, 0) is 50.6 Å². The van der Waals surface area contributed by atoms with E-state index in [9.17, 15) is 0 Å². The van der Waals surface area contributed by atoms with Crippen LogP contribution in [0.15, 0.2) is 18.2 Å². The van der Waals surface area contributed by atoms with Gasteiger partial charge in [0.1, 0.15) is 0 Å². The molecule has 100 valence electrons. The van der Waals surface area contributed by atoms with Gasteiger partial charge in [-0.15, -0.1) is 0 Å². The lowest BCUT2D eigenvalue weighted by Crippen LogP contribution is -2.30. The van der Waals surface area contributed by atoms with Gasteiger partial charge in [-0.1, -0.05) is 49.6 Å². The fraction of sp³-hybridized carbons (Fsp3) is 0.647. The van der Waals surface area contributed by atoms with Gasteiger partial charge in [-0.2, -0.15) is 0 Å².